The Morgan fingerprint density at radius 1 is 0.301 bits per heavy atom. The van der Waals surface area contributed by atoms with E-state index in [-0.39, 0.29) is 0 Å². The lowest BCUT2D eigenvalue weighted by Crippen LogP contribution is -2.03. The lowest BCUT2D eigenvalue weighted by molar-refractivity contribution is 0.415. The molecule has 93 heavy (non-hydrogen) atoms. The van der Waals surface area contributed by atoms with Crippen molar-refractivity contribution in [1.82, 2.24) is 4.98 Å². The quantitative estimate of drug-likeness (QED) is 0.0588. The van der Waals surface area contributed by atoms with Crippen LogP contribution in [0.15, 0.2) is 253 Å². The molecule has 0 bridgehead atoms. The maximum absolute atomic E-state index is 6.22. The van der Waals surface area contributed by atoms with Gasteiger partial charge < -0.3 is 19.2 Å². The number of nitrogens with one attached hydrogen (secondary N) is 1. The molecular weight excluding hydrogens is 1130 g/mol. The van der Waals surface area contributed by atoms with E-state index in [0.717, 1.165) is 217 Å². The molecule has 0 atom stereocenters. The number of aromatic amines is 1. The Labute approximate surface area is 552 Å². The van der Waals surface area contributed by atoms with Gasteiger partial charge in [-0.05, 0) is 177 Å². The predicted octanol–water partition coefficient (Wildman–Crippen LogP) is 23.3. The van der Waals surface area contributed by atoms with Gasteiger partial charge in [0.1, 0.15) is 17.2 Å². The third-order valence-electron chi connectivity index (χ3n) is 18.5. The van der Waals surface area contributed by atoms with Crippen LogP contribution in [-0.2, 0) is 25.7 Å². The molecule has 10 aromatic carbocycles. The molecule has 1 N–H and O–H groups in total. The molecule has 1 aromatic heterocycles. The Hall–Kier alpha value is -9.97. The third kappa shape index (κ3) is 14.2. The molecule has 0 amide bonds. The summed E-state index contributed by atoms with van der Waals surface area (Å²) in [6.45, 7) is 9.08. The van der Waals surface area contributed by atoms with Crippen LogP contribution in [0, 0.1) is 0 Å². The van der Waals surface area contributed by atoms with Crippen LogP contribution in [0.4, 0.5) is 0 Å². The van der Waals surface area contributed by atoms with Gasteiger partial charge in [-0.15, -0.1) is 0 Å². The highest BCUT2D eigenvalue weighted by atomic mass is 16.5. The molecule has 0 saturated carbocycles. The van der Waals surface area contributed by atoms with Crippen molar-refractivity contribution < 1.29 is 14.2 Å². The van der Waals surface area contributed by atoms with Gasteiger partial charge in [0.25, 0.3) is 0 Å². The van der Waals surface area contributed by atoms with E-state index >= 15 is 0 Å². The number of ether oxygens (including phenoxy) is 3. The van der Waals surface area contributed by atoms with E-state index in [1.165, 1.54) is 22.3 Å². The van der Waals surface area contributed by atoms with Gasteiger partial charge in [0, 0.05) is 33.4 Å². The molecule has 12 rings (SSSR count). The van der Waals surface area contributed by atoms with Crippen molar-refractivity contribution in [3.8, 4) is 84.1 Å². The maximum Gasteiger partial charge on any atom is 0.118 e. The zero-order valence-corrected chi connectivity index (χ0v) is 55.3. The number of rotatable bonds is 26. The van der Waals surface area contributed by atoms with Crippen molar-refractivity contribution in [2.75, 3.05) is 21.3 Å². The second kappa shape index (κ2) is 30.0. The van der Waals surface area contributed by atoms with Crippen LogP contribution >= 0.6 is 0 Å². The number of unbranched alkanes of at least 4 members (excludes halogenated alkanes) is 4. The van der Waals surface area contributed by atoms with Gasteiger partial charge in [-0.25, -0.2) is 4.99 Å². The predicted molar refractivity (Wildman–Crippen MR) is 393 cm³/mol. The zero-order valence-electron chi connectivity index (χ0n) is 55.3. The first kappa shape index (κ1) is 63.2. The van der Waals surface area contributed by atoms with Crippen molar-refractivity contribution >= 4 is 22.4 Å². The van der Waals surface area contributed by atoms with Gasteiger partial charge in [0.05, 0.1) is 44.1 Å². The summed E-state index contributed by atoms with van der Waals surface area (Å²) in [5, 5.41) is 0. The van der Waals surface area contributed by atoms with E-state index in [1.54, 1.807) is 21.3 Å². The fourth-order valence-electron chi connectivity index (χ4n) is 13.0. The minimum Gasteiger partial charge on any atom is -0.497 e. The van der Waals surface area contributed by atoms with Crippen LogP contribution in [0.25, 0.3) is 83.6 Å². The first-order valence-corrected chi connectivity index (χ1v) is 33.7. The maximum atomic E-state index is 6.22. The second-order valence-electron chi connectivity index (χ2n) is 24.7. The molecule has 466 valence electrons. The zero-order chi connectivity index (χ0) is 64.0. The van der Waals surface area contributed by atoms with Gasteiger partial charge in [-0.1, -0.05) is 260 Å². The van der Waals surface area contributed by atoms with Gasteiger partial charge in [0.15, 0.2) is 0 Å². The number of hydrogen-bond acceptors (Lipinski definition) is 4. The molecular formula is C88H86N2O3. The summed E-state index contributed by atoms with van der Waals surface area (Å²) in [6.07, 6.45) is 13.2. The monoisotopic (exact) mass is 1220 g/mol. The number of aliphatic imine (C=N–C) groups is 1. The summed E-state index contributed by atoms with van der Waals surface area (Å²) in [5.41, 5.74) is 28.9. The topological polar surface area (TPSA) is 55.8 Å². The van der Waals surface area contributed by atoms with E-state index in [2.05, 4.69) is 239 Å². The summed E-state index contributed by atoms with van der Waals surface area (Å²) in [4.78, 5) is 10.6. The Morgan fingerprint density at radius 2 is 0.591 bits per heavy atom. The lowest BCUT2D eigenvalue weighted by atomic mass is 9.84. The van der Waals surface area contributed by atoms with E-state index in [9.17, 15) is 0 Å². The highest BCUT2D eigenvalue weighted by Gasteiger charge is 2.34. The van der Waals surface area contributed by atoms with Crippen LogP contribution < -0.4 is 14.2 Å². The van der Waals surface area contributed by atoms with E-state index in [0.29, 0.717) is 0 Å². The highest BCUT2D eigenvalue weighted by molar-refractivity contribution is 6.42. The summed E-state index contributed by atoms with van der Waals surface area (Å²) in [5.74, 6) is 2.48. The smallest absolute Gasteiger partial charge is 0.118 e. The minimum atomic E-state index is 0.824. The fraction of sp³-hybridized carbons (Fsp3) is 0.216. The molecule has 0 fully saturated rings. The van der Waals surface area contributed by atoms with Crippen molar-refractivity contribution in [3.05, 3.63) is 299 Å². The molecule has 0 spiro atoms. The van der Waals surface area contributed by atoms with Crippen LogP contribution in [0.3, 0.4) is 0 Å². The molecule has 0 radical (unpaired) electrons. The minimum absolute atomic E-state index is 0.824. The molecule has 1 aliphatic rings. The van der Waals surface area contributed by atoms with Crippen LogP contribution in [0.2, 0.25) is 0 Å². The summed E-state index contributed by atoms with van der Waals surface area (Å²) < 4.78 is 16.9. The summed E-state index contributed by atoms with van der Waals surface area (Å²) in [7, 11) is 5.16. The van der Waals surface area contributed by atoms with E-state index < -0.39 is 0 Å². The van der Waals surface area contributed by atoms with Crippen LogP contribution in [0.5, 0.6) is 17.2 Å². The number of methoxy groups -OCH3 is 3. The molecule has 0 unspecified atom stereocenters. The average molecular weight is 1220 g/mol. The second-order valence-corrected chi connectivity index (χ2v) is 24.7. The van der Waals surface area contributed by atoms with Crippen molar-refractivity contribution in [1.29, 1.82) is 0 Å². The standard InChI is InChI=1S/C88H86N2O3/c1-8-12-16-60-20-28-70(29-21-60)80-82(72-42-36-64(37-43-72)67-48-54-77(91-5)55-49-67)87(89-85(80)75-32-24-62(25-33-75)18-14-10-3)84(74-46-40-66(41-47-74)69-52-58-79(93-7)59-53-69)88-83(73-44-38-65(39-45-73)68-50-56-78(92-6)57-51-68)81(71-30-22-61(23-31-71)17-13-9-2)86(90-88)76-34-26-63(27-35-76)19-15-11-4/h20-59,89H,8-19H2,1-7H3/b88-84-. The average Bonchev–Trinajstić information content (AvgIpc) is 1.60. The Balaban J connectivity index is 1.21. The van der Waals surface area contributed by atoms with E-state index in [1.807, 2.05) is 36.4 Å². The van der Waals surface area contributed by atoms with Crippen LogP contribution in [0.1, 0.15) is 129 Å². The number of nitrogens with zero attached hydrogens (tertiary/aromatic N) is 1. The molecule has 0 saturated heterocycles. The molecule has 1 aliphatic heterocycles. The highest BCUT2D eigenvalue weighted by Crippen LogP contribution is 2.52. The SMILES string of the molecule is CCCCc1ccc(C2=N/C(=C(/c3ccc(-c4ccc(OC)cc4)cc3)c3[nH]c(-c4ccc(CCCC)cc4)c(-c4ccc(CCCC)cc4)c3-c3ccc(-c4ccc(OC)cc4)cc3)C(c3ccc(-c4ccc(OC)cc4)cc3)=C2c2ccc(CCCC)cc2)cc1. The number of aromatic nitrogens is 1. The van der Waals surface area contributed by atoms with Gasteiger partial charge in [0.2, 0.25) is 0 Å². The molecule has 11 aromatic rings. The lowest BCUT2D eigenvalue weighted by Gasteiger charge is -2.18. The number of hydrogen-bond donors (Lipinski definition) is 1. The Morgan fingerprint density at radius 3 is 0.968 bits per heavy atom. The van der Waals surface area contributed by atoms with Crippen molar-refractivity contribution in [2.45, 2.75) is 105 Å². The Bertz CT molecular complexity index is 4360. The normalized spacial score (nSPS) is 12.7. The van der Waals surface area contributed by atoms with Crippen molar-refractivity contribution in [2.24, 2.45) is 4.99 Å². The van der Waals surface area contributed by atoms with Gasteiger partial charge in [-0.2, -0.15) is 0 Å². The van der Waals surface area contributed by atoms with Crippen LogP contribution in [-0.4, -0.2) is 32.0 Å². The Kier molecular flexibility index (Phi) is 20.4. The largest absolute Gasteiger partial charge is 0.497 e. The number of benzene rings is 10. The first-order valence-electron chi connectivity index (χ1n) is 33.7. The van der Waals surface area contributed by atoms with Crippen molar-refractivity contribution in [3.63, 3.8) is 0 Å². The molecule has 5 heteroatoms. The molecule has 0 aliphatic carbocycles. The fourth-order valence-corrected chi connectivity index (χ4v) is 13.0. The van der Waals surface area contributed by atoms with E-state index in [4.69, 9.17) is 19.2 Å². The molecule has 5 nitrogen and oxygen atoms in total. The van der Waals surface area contributed by atoms with Gasteiger partial charge in [-0.3, -0.25) is 0 Å². The number of H-pyrrole nitrogens is 1. The number of aryl methyl sites for hydroxylation is 4. The number of allylic oxidation sites excluding steroid dienone is 2. The summed E-state index contributed by atoms with van der Waals surface area (Å²) in [6, 6.07) is 90.0. The van der Waals surface area contributed by atoms with Gasteiger partial charge >= 0.3 is 0 Å². The third-order valence-corrected chi connectivity index (χ3v) is 18.5. The first-order chi connectivity index (χ1) is 45.8. The summed E-state index contributed by atoms with van der Waals surface area (Å²) >= 11 is 0. The molecule has 2 heterocycles.